The van der Waals surface area contributed by atoms with E-state index in [1.165, 1.54) is 0 Å². The topological polar surface area (TPSA) is 38.8 Å². The highest BCUT2D eigenvalue weighted by Gasteiger charge is 2.25. The summed E-state index contributed by atoms with van der Waals surface area (Å²) in [5, 5.41) is 0. The Balaban J connectivity index is 1.88. The van der Waals surface area contributed by atoms with Crippen molar-refractivity contribution in [2.45, 2.75) is 26.0 Å². The fourth-order valence-electron chi connectivity index (χ4n) is 1.85. The number of hydrogen-bond donors (Lipinski definition) is 0. The average Bonchev–Trinajstić information content (AvgIpc) is 2.92. The van der Waals surface area contributed by atoms with Crippen LogP contribution in [0, 0.1) is 0 Å². The normalized spacial score (nSPS) is 15.3. The molecule has 1 aliphatic heterocycles. The van der Waals surface area contributed by atoms with Gasteiger partial charge in [0.25, 0.3) is 0 Å². The molecule has 0 saturated heterocycles. The first kappa shape index (κ1) is 12.5. The predicted octanol–water partition coefficient (Wildman–Crippen LogP) is 2.27. The summed E-state index contributed by atoms with van der Waals surface area (Å²) in [6.45, 7) is 2.69. The lowest BCUT2D eigenvalue weighted by atomic mass is 10.2. The standard InChI is InChI=1S/C14H17NO3/c1-2-13(15-8-9-17-11-15)14(16)18-10-12-6-4-3-5-7-12/h3-9,13H,2,10-11H2,1H3. The van der Waals surface area contributed by atoms with Gasteiger partial charge >= 0.3 is 5.97 Å². The molecule has 0 amide bonds. The average molecular weight is 247 g/mol. The smallest absolute Gasteiger partial charge is 0.329 e. The molecule has 0 radical (unpaired) electrons. The Hall–Kier alpha value is -1.97. The first-order chi connectivity index (χ1) is 8.81. The molecule has 1 unspecified atom stereocenters. The van der Waals surface area contributed by atoms with Gasteiger partial charge in [0.1, 0.15) is 18.9 Å². The third-order valence-electron chi connectivity index (χ3n) is 2.86. The Morgan fingerprint density at radius 2 is 2.22 bits per heavy atom. The van der Waals surface area contributed by atoms with Crippen LogP contribution in [-0.2, 0) is 20.9 Å². The van der Waals surface area contributed by atoms with Gasteiger partial charge in [-0.15, -0.1) is 0 Å². The Kier molecular flexibility index (Phi) is 4.23. The SMILES string of the molecule is CCC(C(=O)OCc1ccccc1)N1C=COC1. The van der Waals surface area contributed by atoms with Gasteiger partial charge in [0.05, 0.1) is 0 Å². The zero-order chi connectivity index (χ0) is 12.8. The van der Waals surface area contributed by atoms with E-state index in [4.69, 9.17) is 9.47 Å². The third-order valence-corrected chi connectivity index (χ3v) is 2.86. The van der Waals surface area contributed by atoms with Crippen LogP contribution in [-0.4, -0.2) is 23.6 Å². The largest absolute Gasteiger partial charge is 0.479 e. The molecule has 0 bridgehead atoms. The summed E-state index contributed by atoms with van der Waals surface area (Å²) in [6, 6.07) is 9.40. The number of nitrogens with zero attached hydrogens (tertiary/aromatic N) is 1. The summed E-state index contributed by atoms with van der Waals surface area (Å²) >= 11 is 0. The molecule has 0 saturated carbocycles. The number of ether oxygens (including phenoxy) is 2. The van der Waals surface area contributed by atoms with E-state index in [0.29, 0.717) is 19.8 Å². The molecule has 0 spiro atoms. The summed E-state index contributed by atoms with van der Waals surface area (Å²) in [7, 11) is 0. The zero-order valence-corrected chi connectivity index (χ0v) is 10.4. The van der Waals surface area contributed by atoms with Crippen LogP contribution in [0.4, 0.5) is 0 Å². The summed E-state index contributed by atoms with van der Waals surface area (Å²) < 4.78 is 10.4. The molecule has 1 aromatic carbocycles. The Morgan fingerprint density at radius 3 is 2.83 bits per heavy atom. The molecule has 0 aliphatic carbocycles. The first-order valence-corrected chi connectivity index (χ1v) is 6.06. The molecule has 18 heavy (non-hydrogen) atoms. The van der Waals surface area contributed by atoms with Crippen LogP contribution < -0.4 is 0 Å². The van der Waals surface area contributed by atoms with Crippen molar-refractivity contribution in [3.63, 3.8) is 0 Å². The number of carbonyl (C=O) groups is 1. The number of rotatable bonds is 5. The first-order valence-electron chi connectivity index (χ1n) is 6.06. The van der Waals surface area contributed by atoms with Crippen LogP contribution in [0.5, 0.6) is 0 Å². The summed E-state index contributed by atoms with van der Waals surface area (Å²) in [5.74, 6) is -0.212. The lowest BCUT2D eigenvalue weighted by Crippen LogP contribution is -2.37. The zero-order valence-electron chi connectivity index (χ0n) is 10.4. The van der Waals surface area contributed by atoms with Gasteiger partial charge in [-0.1, -0.05) is 37.3 Å². The Morgan fingerprint density at radius 1 is 1.44 bits per heavy atom. The van der Waals surface area contributed by atoms with E-state index >= 15 is 0 Å². The van der Waals surface area contributed by atoms with E-state index in [1.807, 2.05) is 42.2 Å². The minimum atomic E-state index is -0.271. The molecule has 96 valence electrons. The molecule has 1 aromatic rings. The predicted molar refractivity (Wildman–Crippen MR) is 67.2 cm³/mol. The molecule has 1 heterocycles. The van der Waals surface area contributed by atoms with Crippen molar-refractivity contribution in [3.8, 4) is 0 Å². The highest BCUT2D eigenvalue weighted by molar-refractivity contribution is 5.75. The van der Waals surface area contributed by atoms with Crippen molar-refractivity contribution in [2.75, 3.05) is 6.73 Å². The summed E-state index contributed by atoms with van der Waals surface area (Å²) in [4.78, 5) is 13.8. The van der Waals surface area contributed by atoms with Gasteiger partial charge in [-0.2, -0.15) is 0 Å². The highest BCUT2D eigenvalue weighted by atomic mass is 16.5. The van der Waals surface area contributed by atoms with Crippen molar-refractivity contribution in [2.24, 2.45) is 0 Å². The van der Waals surface area contributed by atoms with E-state index in [-0.39, 0.29) is 12.0 Å². The molecule has 0 aromatic heterocycles. The van der Waals surface area contributed by atoms with Crippen molar-refractivity contribution < 1.29 is 14.3 Å². The van der Waals surface area contributed by atoms with E-state index in [0.717, 1.165) is 5.56 Å². The van der Waals surface area contributed by atoms with Gasteiger partial charge in [-0.25, -0.2) is 4.79 Å². The highest BCUT2D eigenvalue weighted by Crippen LogP contribution is 2.13. The molecule has 0 fully saturated rings. The van der Waals surface area contributed by atoms with Gasteiger partial charge in [0.2, 0.25) is 0 Å². The van der Waals surface area contributed by atoms with Gasteiger partial charge < -0.3 is 14.4 Å². The van der Waals surface area contributed by atoms with Crippen LogP contribution in [0.15, 0.2) is 42.8 Å². The van der Waals surface area contributed by atoms with Crippen molar-refractivity contribution in [1.29, 1.82) is 0 Å². The molecule has 1 aliphatic rings. The maximum absolute atomic E-state index is 12.0. The van der Waals surface area contributed by atoms with Crippen LogP contribution in [0.25, 0.3) is 0 Å². The molecular formula is C14H17NO3. The second kappa shape index (κ2) is 6.10. The second-order valence-electron chi connectivity index (χ2n) is 4.11. The molecule has 4 nitrogen and oxygen atoms in total. The van der Waals surface area contributed by atoms with Crippen molar-refractivity contribution in [3.05, 3.63) is 48.4 Å². The monoisotopic (exact) mass is 247 g/mol. The van der Waals surface area contributed by atoms with E-state index in [9.17, 15) is 4.79 Å². The minimum absolute atomic E-state index is 0.212. The van der Waals surface area contributed by atoms with E-state index in [1.54, 1.807) is 12.5 Å². The Labute approximate surface area is 107 Å². The van der Waals surface area contributed by atoms with Crippen LogP contribution in [0.3, 0.4) is 0 Å². The van der Waals surface area contributed by atoms with Crippen LogP contribution in [0.2, 0.25) is 0 Å². The van der Waals surface area contributed by atoms with Gasteiger partial charge in [-0.3, -0.25) is 0 Å². The fraction of sp³-hybridized carbons (Fsp3) is 0.357. The van der Waals surface area contributed by atoms with E-state index < -0.39 is 0 Å². The maximum Gasteiger partial charge on any atom is 0.329 e. The third kappa shape index (κ3) is 3.03. The van der Waals surface area contributed by atoms with Crippen LogP contribution >= 0.6 is 0 Å². The molecule has 2 rings (SSSR count). The molecular weight excluding hydrogens is 230 g/mol. The van der Waals surface area contributed by atoms with E-state index in [2.05, 4.69) is 0 Å². The second-order valence-corrected chi connectivity index (χ2v) is 4.11. The van der Waals surface area contributed by atoms with Gasteiger partial charge in [0.15, 0.2) is 6.73 Å². The number of benzene rings is 1. The summed E-state index contributed by atoms with van der Waals surface area (Å²) in [5.41, 5.74) is 0.994. The minimum Gasteiger partial charge on any atom is -0.479 e. The molecule has 0 N–H and O–H groups in total. The number of carbonyl (C=O) groups excluding carboxylic acids is 1. The molecule has 4 heteroatoms. The van der Waals surface area contributed by atoms with Crippen LogP contribution in [0.1, 0.15) is 18.9 Å². The quantitative estimate of drug-likeness (QED) is 0.748. The number of hydrogen-bond acceptors (Lipinski definition) is 4. The fourth-order valence-corrected chi connectivity index (χ4v) is 1.85. The van der Waals surface area contributed by atoms with Crippen molar-refractivity contribution in [1.82, 2.24) is 4.90 Å². The lowest BCUT2D eigenvalue weighted by Gasteiger charge is -2.23. The summed E-state index contributed by atoms with van der Waals surface area (Å²) in [6.07, 6.45) is 4.06. The maximum atomic E-state index is 12.0. The Bertz CT molecular complexity index is 416. The lowest BCUT2D eigenvalue weighted by molar-refractivity contribution is -0.151. The number of esters is 1. The van der Waals surface area contributed by atoms with Gasteiger partial charge in [-0.05, 0) is 12.0 Å². The molecule has 1 atom stereocenters. The van der Waals surface area contributed by atoms with Gasteiger partial charge in [0, 0.05) is 6.20 Å². The van der Waals surface area contributed by atoms with Crippen molar-refractivity contribution >= 4 is 5.97 Å².